The van der Waals surface area contributed by atoms with Crippen molar-refractivity contribution in [1.82, 2.24) is 24.8 Å². The third-order valence-corrected chi connectivity index (χ3v) is 6.30. The predicted octanol–water partition coefficient (Wildman–Crippen LogP) is 1.82. The minimum atomic E-state index is -0.429. The third-order valence-electron chi connectivity index (χ3n) is 6.30. The number of para-hydroxylation sites is 1. The largest absolute Gasteiger partial charge is 0.352 e. The summed E-state index contributed by atoms with van der Waals surface area (Å²) < 4.78 is 8.10. The first kappa shape index (κ1) is 16.9. The molecule has 0 saturated carbocycles. The number of hydrogen-bond acceptors (Lipinski definition) is 5. The maximum Gasteiger partial charge on any atom is 0.226 e. The molecule has 4 heterocycles. The number of hydrogen-bond donors (Lipinski definition) is 0. The number of likely N-dealkylation sites (tertiary alicyclic amines) is 1. The van der Waals surface area contributed by atoms with Crippen molar-refractivity contribution >= 4 is 5.91 Å². The lowest BCUT2D eigenvalue weighted by Crippen LogP contribution is -2.50. The van der Waals surface area contributed by atoms with Gasteiger partial charge in [0.05, 0.1) is 36.3 Å². The molecule has 3 atom stereocenters. The number of carbonyl (C=O) groups excluding carboxylic acids is 1. The molecule has 7 nitrogen and oxygen atoms in total. The molecule has 1 amide bonds. The summed E-state index contributed by atoms with van der Waals surface area (Å²) in [5.74, 6) is 0.640. The molecule has 0 bridgehead atoms. The highest BCUT2D eigenvalue weighted by atomic mass is 16.5. The summed E-state index contributed by atoms with van der Waals surface area (Å²) in [6.45, 7) is 6.59. The van der Waals surface area contributed by atoms with Gasteiger partial charge in [0, 0.05) is 25.9 Å². The van der Waals surface area contributed by atoms with Gasteiger partial charge >= 0.3 is 0 Å². The lowest BCUT2D eigenvalue weighted by molar-refractivity contribution is -0.139. The van der Waals surface area contributed by atoms with E-state index in [9.17, 15) is 4.79 Å². The summed E-state index contributed by atoms with van der Waals surface area (Å²) in [6, 6.07) is 10.3. The second kappa shape index (κ2) is 6.14. The number of nitrogens with zero attached hydrogens (tertiary/aromatic N) is 5. The fraction of sp³-hybridized carbons (Fsp3) is 0.550. The Kier molecular flexibility index (Phi) is 3.84. The lowest BCUT2D eigenvalue weighted by atomic mass is 10.0. The summed E-state index contributed by atoms with van der Waals surface area (Å²) in [5, 5.41) is 8.61. The van der Waals surface area contributed by atoms with Crippen LogP contribution < -0.4 is 0 Å². The van der Waals surface area contributed by atoms with Gasteiger partial charge in [-0.1, -0.05) is 37.3 Å². The molecule has 142 valence electrons. The van der Waals surface area contributed by atoms with Crippen molar-refractivity contribution in [2.75, 3.05) is 13.2 Å². The van der Waals surface area contributed by atoms with E-state index < -0.39 is 5.72 Å². The Balaban J connectivity index is 1.35. The van der Waals surface area contributed by atoms with E-state index in [1.807, 2.05) is 36.5 Å². The first-order chi connectivity index (χ1) is 13.1. The topological polar surface area (TPSA) is 63.5 Å². The van der Waals surface area contributed by atoms with Crippen molar-refractivity contribution in [3.63, 3.8) is 0 Å². The first-order valence-corrected chi connectivity index (χ1v) is 9.75. The van der Waals surface area contributed by atoms with Crippen LogP contribution in [0.5, 0.6) is 0 Å². The standard InChI is InChI=1S/C20H25N5O2/c1-14(2)17-13-27-20-8-9-23(18(20)10-19(26)25(17)20)11-15-12-24(22-21-15)16-6-4-3-5-7-16/h3-7,12,14,17-18H,8-11,13H2,1-2H3/t17-,18+,20-/m0/s1. The molecular formula is C20H25N5O2. The maximum absolute atomic E-state index is 12.8. The SMILES string of the molecule is CC(C)[C@@H]1CO[C@@]23CCN(Cc4cn(-c5ccccc5)nn4)[C@@H]2CC(=O)N13. The molecule has 1 aromatic heterocycles. The quantitative estimate of drug-likeness (QED) is 0.825. The van der Waals surface area contributed by atoms with Crippen molar-refractivity contribution in [3.8, 4) is 5.69 Å². The van der Waals surface area contributed by atoms with Crippen LogP contribution in [0.25, 0.3) is 5.69 Å². The van der Waals surface area contributed by atoms with Crippen LogP contribution in [0.4, 0.5) is 0 Å². The van der Waals surface area contributed by atoms with E-state index in [1.54, 1.807) is 4.68 Å². The fourth-order valence-corrected chi connectivity index (χ4v) is 4.93. The summed E-state index contributed by atoms with van der Waals surface area (Å²) >= 11 is 0. The highest BCUT2D eigenvalue weighted by molar-refractivity contribution is 5.82. The average Bonchev–Trinajstić information content (AvgIpc) is 3.40. The highest BCUT2D eigenvalue weighted by Gasteiger charge is 2.64. The van der Waals surface area contributed by atoms with Crippen molar-refractivity contribution in [2.24, 2.45) is 5.92 Å². The van der Waals surface area contributed by atoms with Gasteiger partial charge in [0.2, 0.25) is 5.91 Å². The predicted molar refractivity (Wildman–Crippen MR) is 98.9 cm³/mol. The van der Waals surface area contributed by atoms with E-state index in [0.29, 0.717) is 25.5 Å². The van der Waals surface area contributed by atoms with Gasteiger partial charge in [-0.15, -0.1) is 5.10 Å². The Hall–Kier alpha value is -2.25. The van der Waals surface area contributed by atoms with E-state index in [1.165, 1.54) is 0 Å². The second-order valence-electron chi connectivity index (χ2n) is 8.16. The van der Waals surface area contributed by atoms with Crippen LogP contribution in [0.3, 0.4) is 0 Å². The van der Waals surface area contributed by atoms with Crippen LogP contribution in [0, 0.1) is 5.92 Å². The van der Waals surface area contributed by atoms with Gasteiger partial charge in [-0.05, 0) is 18.1 Å². The number of amides is 1. The number of benzene rings is 1. The maximum atomic E-state index is 12.8. The van der Waals surface area contributed by atoms with Crippen LogP contribution in [-0.4, -0.2) is 61.7 Å². The van der Waals surface area contributed by atoms with Gasteiger partial charge in [0.1, 0.15) is 0 Å². The van der Waals surface area contributed by atoms with Crippen molar-refractivity contribution in [2.45, 2.75) is 51.0 Å². The first-order valence-electron chi connectivity index (χ1n) is 9.75. The van der Waals surface area contributed by atoms with Gasteiger partial charge in [-0.3, -0.25) is 9.69 Å². The van der Waals surface area contributed by atoms with E-state index >= 15 is 0 Å². The number of rotatable bonds is 4. The third kappa shape index (κ3) is 2.52. The number of ether oxygens (including phenoxy) is 1. The molecule has 7 heteroatoms. The van der Waals surface area contributed by atoms with Crippen molar-refractivity contribution < 1.29 is 9.53 Å². The van der Waals surface area contributed by atoms with Gasteiger partial charge < -0.3 is 9.64 Å². The lowest BCUT2D eigenvalue weighted by Gasteiger charge is -2.34. The molecule has 0 radical (unpaired) electrons. The van der Waals surface area contributed by atoms with Crippen LogP contribution in [0.1, 0.15) is 32.4 Å². The van der Waals surface area contributed by atoms with E-state index in [2.05, 4.69) is 34.0 Å². The Labute approximate surface area is 158 Å². The molecular weight excluding hydrogens is 342 g/mol. The number of carbonyl (C=O) groups is 1. The van der Waals surface area contributed by atoms with E-state index in [-0.39, 0.29) is 18.0 Å². The van der Waals surface area contributed by atoms with Gasteiger partial charge in [-0.25, -0.2) is 4.68 Å². The molecule has 1 spiro atoms. The highest BCUT2D eigenvalue weighted by Crippen LogP contribution is 2.49. The summed E-state index contributed by atoms with van der Waals surface area (Å²) in [5.41, 5.74) is 1.48. The van der Waals surface area contributed by atoms with Gasteiger partial charge in [0.15, 0.2) is 5.72 Å². The van der Waals surface area contributed by atoms with Gasteiger partial charge in [0.25, 0.3) is 0 Å². The summed E-state index contributed by atoms with van der Waals surface area (Å²) in [4.78, 5) is 17.2. The van der Waals surface area contributed by atoms with E-state index in [4.69, 9.17) is 4.74 Å². The molecule has 3 saturated heterocycles. The minimum Gasteiger partial charge on any atom is -0.352 e. The molecule has 0 aliphatic carbocycles. The van der Waals surface area contributed by atoms with Crippen LogP contribution in [0.2, 0.25) is 0 Å². The molecule has 27 heavy (non-hydrogen) atoms. The zero-order valence-corrected chi connectivity index (χ0v) is 15.8. The van der Waals surface area contributed by atoms with Gasteiger partial charge in [-0.2, -0.15) is 0 Å². The zero-order valence-electron chi connectivity index (χ0n) is 15.8. The molecule has 5 rings (SSSR count). The Morgan fingerprint density at radius 2 is 2.11 bits per heavy atom. The molecule has 2 aromatic rings. The Bertz CT molecular complexity index is 851. The summed E-state index contributed by atoms with van der Waals surface area (Å²) in [6.07, 6.45) is 3.39. The van der Waals surface area contributed by atoms with Crippen LogP contribution >= 0.6 is 0 Å². The minimum absolute atomic E-state index is 0.107. The smallest absolute Gasteiger partial charge is 0.226 e. The van der Waals surface area contributed by atoms with E-state index in [0.717, 1.165) is 24.3 Å². The molecule has 3 aliphatic rings. The monoisotopic (exact) mass is 367 g/mol. The van der Waals surface area contributed by atoms with Crippen molar-refractivity contribution in [1.29, 1.82) is 0 Å². The number of aromatic nitrogens is 3. The molecule has 1 aromatic carbocycles. The Morgan fingerprint density at radius 3 is 2.89 bits per heavy atom. The molecule has 3 fully saturated rings. The zero-order chi connectivity index (χ0) is 18.6. The normalized spacial score (nSPS) is 30.3. The van der Waals surface area contributed by atoms with Crippen molar-refractivity contribution in [3.05, 3.63) is 42.2 Å². The molecule has 0 unspecified atom stereocenters. The molecule has 3 aliphatic heterocycles. The summed E-state index contributed by atoms with van der Waals surface area (Å²) in [7, 11) is 0. The molecule has 0 N–H and O–H groups in total. The Morgan fingerprint density at radius 1 is 1.30 bits per heavy atom. The average molecular weight is 367 g/mol. The fourth-order valence-electron chi connectivity index (χ4n) is 4.93. The second-order valence-corrected chi connectivity index (χ2v) is 8.16. The van der Waals surface area contributed by atoms with Crippen LogP contribution in [-0.2, 0) is 16.1 Å². The van der Waals surface area contributed by atoms with Crippen LogP contribution in [0.15, 0.2) is 36.5 Å².